The van der Waals surface area contributed by atoms with Crippen molar-refractivity contribution in [1.82, 2.24) is 29.6 Å². The number of halogens is 2. The first-order valence-corrected chi connectivity index (χ1v) is 13.7. The fraction of sp³-hybridized carbons (Fsp3) is 0.172. The van der Waals surface area contributed by atoms with E-state index in [2.05, 4.69) is 25.3 Å². The molecule has 1 aliphatic rings. The van der Waals surface area contributed by atoms with E-state index in [1.807, 2.05) is 29.2 Å². The van der Waals surface area contributed by atoms with Crippen molar-refractivity contribution in [2.75, 3.05) is 36.4 Å². The molecule has 2 aromatic carbocycles. The monoisotopic (exact) mass is 586 g/mol. The van der Waals surface area contributed by atoms with Gasteiger partial charge in [0, 0.05) is 68.6 Å². The van der Waals surface area contributed by atoms with Crippen LogP contribution in [0.3, 0.4) is 0 Å². The molecule has 206 valence electrons. The Morgan fingerprint density at radius 3 is 2.27 bits per heavy atom. The first-order valence-electron chi connectivity index (χ1n) is 12.9. The summed E-state index contributed by atoms with van der Waals surface area (Å²) in [6.07, 6.45) is 4.76. The molecule has 6 rings (SSSR count). The van der Waals surface area contributed by atoms with Crippen molar-refractivity contribution in [1.29, 1.82) is 0 Å². The normalized spacial score (nSPS) is 13.4. The summed E-state index contributed by atoms with van der Waals surface area (Å²) in [7, 11) is 0. The van der Waals surface area contributed by atoms with E-state index in [1.54, 1.807) is 49.6 Å². The highest BCUT2D eigenvalue weighted by Gasteiger charge is 2.20. The molecule has 0 spiro atoms. The van der Waals surface area contributed by atoms with E-state index in [-0.39, 0.29) is 27.0 Å². The number of benzene rings is 2. The zero-order valence-electron chi connectivity index (χ0n) is 22.0. The molecule has 0 unspecified atom stereocenters. The van der Waals surface area contributed by atoms with Crippen molar-refractivity contribution in [3.8, 4) is 16.9 Å². The van der Waals surface area contributed by atoms with Gasteiger partial charge in [-0.05, 0) is 48.5 Å². The van der Waals surface area contributed by atoms with Gasteiger partial charge in [-0.3, -0.25) is 14.6 Å². The Bertz CT molecular complexity index is 1780. The van der Waals surface area contributed by atoms with Gasteiger partial charge in [0.25, 0.3) is 5.56 Å². The number of nitrogens with zero attached hydrogens (tertiary/aromatic N) is 7. The zero-order chi connectivity index (χ0) is 28.5. The number of pyridine rings is 1. The Labute approximate surface area is 245 Å². The van der Waals surface area contributed by atoms with Crippen LogP contribution in [0.25, 0.3) is 27.8 Å². The summed E-state index contributed by atoms with van der Waals surface area (Å²) >= 11 is 12.9. The maximum absolute atomic E-state index is 13.6. The van der Waals surface area contributed by atoms with Crippen LogP contribution in [0.1, 0.15) is 6.92 Å². The number of anilines is 3. The fourth-order valence-corrected chi connectivity index (χ4v) is 5.35. The van der Waals surface area contributed by atoms with E-state index in [9.17, 15) is 9.59 Å². The molecule has 41 heavy (non-hydrogen) atoms. The second-order valence-corrected chi connectivity index (χ2v) is 10.3. The van der Waals surface area contributed by atoms with E-state index in [1.165, 1.54) is 10.9 Å². The molecular weight excluding hydrogens is 563 g/mol. The van der Waals surface area contributed by atoms with Crippen molar-refractivity contribution < 1.29 is 4.79 Å². The molecule has 1 N–H and O–H groups in total. The Balaban J connectivity index is 1.35. The zero-order valence-corrected chi connectivity index (χ0v) is 23.5. The third-order valence-corrected chi connectivity index (χ3v) is 7.56. The summed E-state index contributed by atoms with van der Waals surface area (Å²) < 4.78 is 1.19. The number of para-hydroxylation sites is 1. The first-order chi connectivity index (χ1) is 19.9. The van der Waals surface area contributed by atoms with E-state index in [0.717, 1.165) is 24.5 Å². The van der Waals surface area contributed by atoms with Crippen molar-refractivity contribution in [2.24, 2.45) is 0 Å². The highest BCUT2D eigenvalue weighted by atomic mass is 35.5. The van der Waals surface area contributed by atoms with Gasteiger partial charge in [-0.25, -0.2) is 9.97 Å². The van der Waals surface area contributed by atoms with Gasteiger partial charge in [-0.1, -0.05) is 29.3 Å². The molecule has 10 nitrogen and oxygen atoms in total. The molecule has 12 heteroatoms. The van der Waals surface area contributed by atoms with Crippen LogP contribution in [0.2, 0.25) is 10.0 Å². The molecule has 1 fully saturated rings. The Morgan fingerprint density at radius 1 is 0.927 bits per heavy atom. The van der Waals surface area contributed by atoms with Crippen LogP contribution in [0.4, 0.5) is 17.3 Å². The largest absolute Gasteiger partial charge is 0.368 e. The fourth-order valence-electron chi connectivity index (χ4n) is 4.80. The number of aromatic nitrogens is 5. The molecule has 1 amide bonds. The quantitative estimate of drug-likeness (QED) is 0.308. The number of hydrogen-bond donors (Lipinski definition) is 1. The summed E-state index contributed by atoms with van der Waals surface area (Å²) in [5, 5.41) is 8.71. The lowest BCUT2D eigenvalue weighted by Crippen LogP contribution is -2.48. The minimum atomic E-state index is -0.450. The van der Waals surface area contributed by atoms with E-state index >= 15 is 0 Å². The summed E-state index contributed by atoms with van der Waals surface area (Å²) in [4.78, 5) is 42.5. The van der Waals surface area contributed by atoms with Gasteiger partial charge in [0.1, 0.15) is 16.9 Å². The highest BCUT2D eigenvalue weighted by Crippen LogP contribution is 2.30. The molecule has 0 aliphatic carbocycles. The van der Waals surface area contributed by atoms with Gasteiger partial charge in [-0.2, -0.15) is 9.78 Å². The predicted octanol–water partition coefficient (Wildman–Crippen LogP) is 4.96. The predicted molar refractivity (Wildman–Crippen MR) is 160 cm³/mol. The van der Waals surface area contributed by atoms with Crippen LogP contribution in [-0.4, -0.2) is 61.7 Å². The molecule has 0 bridgehead atoms. The number of amides is 1. The van der Waals surface area contributed by atoms with Gasteiger partial charge in [0.15, 0.2) is 0 Å². The third kappa shape index (κ3) is 5.31. The minimum absolute atomic E-state index is 0.105. The minimum Gasteiger partial charge on any atom is -0.368 e. The smallest absolute Gasteiger partial charge is 0.282 e. The SMILES string of the molecule is CC(=O)N1CCN(c2ccc(Nc3ncc4c(=O)n(-c5c(Cl)cccc5Cl)nc(-c5ccncc5)c4n3)cc2)CC1. The number of nitrogens with one attached hydrogen (secondary N) is 1. The van der Waals surface area contributed by atoms with Crippen LogP contribution in [-0.2, 0) is 4.79 Å². The lowest BCUT2D eigenvalue weighted by molar-refractivity contribution is -0.129. The van der Waals surface area contributed by atoms with Crippen molar-refractivity contribution in [3.63, 3.8) is 0 Å². The maximum atomic E-state index is 13.6. The Kier molecular flexibility index (Phi) is 7.25. The van der Waals surface area contributed by atoms with Gasteiger partial charge < -0.3 is 15.1 Å². The van der Waals surface area contributed by atoms with Crippen LogP contribution in [0.5, 0.6) is 0 Å². The van der Waals surface area contributed by atoms with Crippen LogP contribution in [0, 0.1) is 0 Å². The van der Waals surface area contributed by atoms with E-state index in [4.69, 9.17) is 28.2 Å². The summed E-state index contributed by atoms with van der Waals surface area (Å²) in [6.45, 7) is 4.58. The molecular formula is C29H24Cl2N8O2. The van der Waals surface area contributed by atoms with E-state index < -0.39 is 5.56 Å². The first kappa shape index (κ1) is 26.7. The standard InChI is InChI=1S/C29H24Cl2N8O2/c1-18(40)37-13-15-38(16-14-37)21-7-5-20(6-8-21)34-29-33-17-22-26(35-29)25(19-9-11-32-12-10-19)36-39(28(22)41)27-23(30)3-2-4-24(27)31/h2-12,17H,13-16H2,1H3,(H,33,34,35). The van der Waals surface area contributed by atoms with Crippen LogP contribution >= 0.6 is 23.2 Å². The number of carbonyl (C=O) groups excluding carboxylic acids is 1. The molecule has 1 saturated heterocycles. The van der Waals surface area contributed by atoms with Crippen molar-refractivity contribution in [3.05, 3.63) is 93.6 Å². The number of carbonyl (C=O) groups is 1. The Hall–Kier alpha value is -4.54. The second-order valence-electron chi connectivity index (χ2n) is 9.49. The molecule has 1 aliphatic heterocycles. The molecule has 4 heterocycles. The van der Waals surface area contributed by atoms with E-state index in [0.29, 0.717) is 35.8 Å². The number of hydrogen-bond acceptors (Lipinski definition) is 8. The summed E-state index contributed by atoms with van der Waals surface area (Å²) in [6, 6.07) is 16.5. The van der Waals surface area contributed by atoms with Gasteiger partial charge >= 0.3 is 0 Å². The van der Waals surface area contributed by atoms with Crippen LogP contribution < -0.4 is 15.8 Å². The second kappa shape index (κ2) is 11.1. The lowest BCUT2D eigenvalue weighted by Gasteiger charge is -2.35. The molecule has 5 aromatic rings. The maximum Gasteiger partial charge on any atom is 0.282 e. The number of piperazine rings is 1. The third-order valence-electron chi connectivity index (χ3n) is 6.95. The molecule has 3 aromatic heterocycles. The van der Waals surface area contributed by atoms with Crippen molar-refractivity contribution >= 4 is 57.3 Å². The lowest BCUT2D eigenvalue weighted by atomic mass is 10.1. The molecule has 0 atom stereocenters. The van der Waals surface area contributed by atoms with Crippen LogP contribution in [0.15, 0.2) is 78.0 Å². The van der Waals surface area contributed by atoms with Gasteiger partial charge in [0.05, 0.1) is 15.4 Å². The number of rotatable bonds is 5. The van der Waals surface area contributed by atoms with Crippen molar-refractivity contribution in [2.45, 2.75) is 6.92 Å². The molecule has 0 radical (unpaired) electrons. The topological polar surface area (TPSA) is 109 Å². The molecule has 0 saturated carbocycles. The highest BCUT2D eigenvalue weighted by molar-refractivity contribution is 6.37. The average Bonchev–Trinajstić information content (AvgIpc) is 2.99. The number of fused-ring (bicyclic) bond motifs is 1. The summed E-state index contributed by atoms with van der Waals surface area (Å²) in [5.41, 5.74) is 3.21. The Morgan fingerprint density at radius 2 is 1.61 bits per heavy atom. The van der Waals surface area contributed by atoms with Gasteiger partial charge in [0.2, 0.25) is 11.9 Å². The van der Waals surface area contributed by atoms with Gasteiger partial charge in [-0.15, -0.1) is 0 Å². The summed E-state index contributed by atoms with van der Waals surface area (Å²) in [5.74, 6) is 0.416. The average molecular weight is 587 g/mol.